The van der Waals surface area contributed by atoms with Crippen LogP contribution in [-0.2, 0) is 20.1 Å². The fourth-order valence-electron chi connectivity index (χ4n) is 3.53. The molecule has 0 saturated heterocycles. The number of halogens is 1. The Balaban J connectivity index is 1.77. The number of carbonyl (C=O) groups excluding carboxylic acids is 1. The van der Waals surface area contributed by atoms with E-state index in [-0.39, 0.29) is 24.9 Å². The number of aromatic nitrogens is 2. The van der Waals surface area contributed by atoms with Crippen molar-refractivity contribution in [2.24, 2.45) is 7.05 Å². The van der Waals surface area contributed by atoms with Gasteiger partial charge < -0.3 is 19.4 Å². The highest BCUT2D eigenvalue weighted by Gasteiger charge is 2.25. The van der Waals surface area contributed by atoms with Gasteiger partial charge in [-0.25, -0.2) is 13.9 Å². The minimum atomic E-state index is -0.484. The zero-order valence-electron chi connectivity index (χ0n) is 18.5. The summed E-state index contributed by atoms with van der Waals surface area (Å²) >= 11 is 0. The lowest BCUT2D eigenvalue weighted by molar-refractivity contribution is 0.187. The van der Waals surface area contributed by atoms with Crippen LogP contribution in [0.25, 0.3) is 11.3 Å². The van der Waals surface area contributed by atoms with Crippen LogP contribution in [0.2, 0.25) is 0 Å². The quantitative estimate of drug-likeness (QED) is 0.395. The number of amides is 2. The average Bonchev–Trinajstić information content (AvgIpc) is 3.44. The highest BCUT2D eigenvalue weighted by atomic mass is 19.1. The molecule has 4 rings (SSSR count). The molecule has 8 heteroatoms. The largest absolute Gasteiger partial charge is 0.467 e. The second kappa shape index (κ2) is 10.0. The summed E-state index contributed by atoms with van der Waals surface area (Å²) in [5.41, 5.74) is 2.17. The van der Waals surface area contributed by atoms with Gasteiger partial charge in [0.05, 0.1) is 24.9 Å². The standard InChI is InChI=1S/C25H25FN4O3/c1-3-27-25(31)30(16-19-12-9-15-32-19)17-20-23(18-10-5-4-6-11-18)28-29(2)24(20)33-22-14-8-7-13-21(22)26/h4-15H,3,16-17H2,1-2H3,(H,27,31). The van der Waals surface area contributed by atoms with Gasteiger partial charge in [0.2, 0.25) is 5.88 Å². The van der Waals surface area contributed by atoms with Gasteiger partial charge in [-0.15, -0.1) is 0 Å². The number of carbonyl (C=O) groups is 1. The molecule has 0 saturated carbocycles. The second-order valence-corrected chi connectivity index (χ2v) is 7.43. The van der Waals surface area contributed by atoms with Crippen molar-refractivity contribution in [2.45, 2.75) is 20.0 Å². The summed E-state index contributed by atoms with van der Waals surface area (Å²) in [6.07, 6.45) is 1.57. The predicted octanol–water partition coefficient (Wildman–Crippen LogP) is 5.34. The zero-order valence-corrected chi connectivity index (χ0v) is 18.5. The van der Waals surface area contributed by atoms with E-state index in [2.05, 4.69) is 10.4 Å². The van der Waals surface area contributed by atoms with Gasteiger partial charge in [-0.3, -0.25) is 0 Å². The van der Waals surface area contributed by atoms with Crippen LogP contribution in [-0.4, -0.2) is 27.3 Å². The number of rotatable bonds is 8. The molecule has 2 aromatic heterocycles. The van der Waals surface area contributed by atoms with Crippen LogP contribution in [0, 0.1) is 5.82 Å². The Labute approximate surface area is 191 Å². The number of furan rings is 1. The molecule has 0 aliphatic heterocycles. The van der Waals surface area contributed by atoms with Crippen molar-refractivity contribution in [1.29, 1.82) is 0 Å². The number of hydrogen-bond donors (Lipinski definition) is 1. The molecule has 0 aliphatic carbocycles. The average molecular weight is 448 g/mol. The van der Waals surface area contributed by atoms with Crippen LogP contribution in [0.15, 0.2) is 77.4 Å². The molecule has 170 valence electrons. The highest BCUT2D eigenvalue weighted by Crippen LogP contribution is 2.35. The monoisotopic (exact) mass is 448 g/mol. The molecule has 2 heterocycles. The number of benzene rings is 2. The fraction of sp³-hybridized carbons (Fsp3) is 0.200. The van der Waals surface area contributed by atoms with Crippen LogP contribution < -0.4 is 10.1 Å². The minimum Gasteiger partial charge on any atom is -0.467 e. The molecule has 1 N–H and O–H groups in total. The lowest BCUT2D eigenvalue weighted by Gasteiger charge is -2.22. The van der Waals surface area contributed by atoms with E-state index in [9.17, 15) is 9.18 Å². The SMILES string of the molecule is CCNC(=O)N(Cc1ccco1)Cc1c(-c2ccccc2)nn(C)c1Oc1ccccc1F. The summed E-state index contributed by atoms with van der Waals surface area (Å²) in [5, 5.41) is 7.49. The Morgan fingerprint density at radius 2 is 1.85 bits per heavy atom. The first kappa shape index (κ1) is 22.1. The lowest BCUT2D eigenvalue weighted by atomic mass is 10.1. The molecule has 0 spiro atoms. The third-order valence-corrected chi connectivity index (χ3v) is 5.07. The third-order valence-electron chi connectivity index (χ3n) is 5.07. The third kappa shape index (κ3) is 5.06. The maximum atomic E-state index is 14.4. The molecule has 2 amide bonds. The first-order chi connectivity index (χ1) is 16.1. The smallest absolute Gasteiger partial charge is 0.318 e. The number of ether oxygens (including phenoxy) is 1. The van der Waals surface area contributed by atoms with E-state index in [0.29, 0.717) is 29.4 Å². The molecule has 0 unspecified atom stereocenters. The number of aryl methyl sites for hydroxylation is 1. The topological polar surface area (TPSA) is 72.5 Å². The fourth-order valence-corrected chi connectivity index (χ4v) is 3.53. The summed E-state index contributed by atoms with van der Waals surface area (Å²) < 4.78 is 27.4. The van der Waals surface area contributed by atoms with Gasteiger partial charge >= 0.3 is 6.03 Å². The summed E-state index contributed by atoms with van der Waals surface area (Å²) in [7, 11) is 1.73. The minimum absolute atomic E-state index is 0.0805. The van der Waals surface area contributed by atoms with Crippen molar-refractivity contribution >= 4 is 6.03 Å². The molecule has 4 aromatic rings. The van der Waals surface area contributed by atoms with Gasteiger partial charge in [0.25, 0.3) is 0 Å². The number of urea groups is 1. The van der Waals surface area contributed by atoms with E-state index in [1.807, 2.05) is 43.3 Å². The summed E-state index contributed by atoms with van der Waals surface area (Å²) in [5.74, 6) is 0.592. The number of nitrogens with one attached hydrogen (secondary N) is 1. The van der Waals surface area contributed by atoms with Gasteiger partial charge in [0.1, 0.15) is 11.5 Å². The Morgan fingerprint density at radius 1 is 1.09 bits per heavy atom. The van der Waals surface area contributed by atoms with E-state index in [0.717, 1.165) is 5.56 Å². The van der Waals surface area contributed by atoms with Gasteiger partial charge in [0.15, 0.2) is 11.6 Å². The number of hydrogen-bond acceptors (Lipinski definition) is 4. The maximum Gasteiger partial charge on any atom is 0.318 e. The maximum absolute atomic E-state index is 14.4. The molecule has 33 heavy (non-hydrogen) atoms. The molecular weight excluding hydrogens is 423 g/mol. The molecule has 0 atom stereocenters. The molecule has 7 nitrogen and oxygen atoms in total. The van der Waals surface area contributed by atoms with Crippen LogP contribution in [0.3, 0.4) is 0 Å². The Hall–Kier alpha value is -4.07. The Bertz CT molecular complexity index is 1210. The molecule has 0 aliphatic rings. The summed E-state index contributed by atoms with van der Waals surface area (Å²) in [4.78, 5) is 14.5. The van der Waals surface area contributed by atoms with E-state index in [1.54, 1.807) is 47.2 Å². The zero-order chi connectivity index (χ0) is 23.2. The van der Waals surface area contributed by atoms with Crippen LogP contribution in [0.4, 0.5) is 9.18 Å². The molecule has 0 fully saturated rings. The van der Waals surface area contributed by atoms with Crippen LogP contribution in [0.5, 0.6) is 11.6 Å². The Morgan fingerprint density at radius 3 is 2.55 bits per heavy atom. The molecule has 0 radical (unpaired) electrons. The van der Waals surface area contributed by atoms with E-state index in [1.165, 1.54) is 6.07 Å². The first-order valence-electron chi connectivity index (χ1n) is 10.7. The second-order valence-electron chi connectivity index (χ2n) is 7.43. The van der Waals surface area contributed by atoms with Crippen molar-refractivity contribution in [3.05, 3.63) is 90.1 Å². The summed E-state index contributed by atoms with van der Waals surface area (Å²) in [6, 6.07) is 19.1. The van der Waals surface area contributed by atoms with Crippen LogP contribution in [0.1, 0.15) is 18.2 Å². The van der Waals surface area contributed by atoms with Crippen molar-refractivity contribution < 1.29 is 18.3 Å². The number of para-hydroxylation sites is 1. The van der Waals surface area contributed by atoms with Crippen molar-refractivity contribution in [2.75, 3.05) is 6.54 Å². The van der Waals surface area contributed by atoms with E-state index in [4.69, 9.17) is 9.15 Å². The lowest BCUT2D eigenvalue weighted by Crippen LogP contribution is -2.39. The van der Waals surface area contributed by atoms with Crippen molar-refractivity contribution in [1.82, 2.24) is 20.0 Å². The van der Waals surface area contributed by atoms with Gasteiger partial charge in [0, 0.05) is 19.2 Å². The van der Waals surface area contributed by atoms with Crippen molar-refractivity contribution in [3.8, 4) is 22.9 Å². The van der Waals surface area contributed by atoms with Gasteiger partial charge in [-0.05, 0) is 31.2 Å². The first-order valence-corrected chi connectivity index (χ1v) is 10.7. The molecule has 2 aromatic carbocycles. The van der Waals surface area contributed by atoms with Crippen LogP contribution >= 0.6 is 0 Å². The van der Waals surface area contributed by atoms with Crippen molar-refractivity contribution in [3.63, 3.8) is 0 Å². The molecule has 0 bridgehead atoms. The number of nitrogens with zero attached hydrogens (tertiary/aromatic N) is 3. The van der Waals surface area contributed by atoms with E-state index >= 15 is 0 Å². The summed E-state index contributed by atoms with van der Waals surface area (Å²) in [6.45, 7) is 2.76. The predicted molar refractivity (Wildman–Crippen MR) is 122 cm³/mol. The van der Waals surface area contributed by atoms with Gasteiger partial charge in [-0.1, -0.05) is 42.5 Å². The Kier molecular flexibility index (Phi) is 6.73. The van der Waals surface area contributed by atoms with Gasteiger partial charge in [-0.2, -0.15) is 5.10 Å². The van der Waals surface area contributed by atoms with E-state index < -0.39 is 5.82 Å². The normalized spacial score (nSPS) is 10.8. The highest BCUT2D eigenvalue weighted by molar-refractivity contribution is 5.75. The molecular formula is C25H25FN4O3.